The molecule has 0 aliphatic carbocycles. The van der Waals surface area contributed by atoms with Crippen molar-refractivity contribution in [3.63, 3.8) is 0 Å². The second kappa shape index (κ2) is 7.65. The molecular weight excluding hydrogens is 312 g/mol. The average Bonchev–Trinajstić information content (AvgIpc) is 2.81. The van der Waals surface area contributed by atoms with Gasteiger partial charge in [0, 0.05) is 6.54 Å². The second-order valence-electron chi connectivity index (χ2n) is 4.85. The van der Waals surface area contributed by atoms with Gasteiger partial charge in [-0.15, -0.1) is 6.42 Å². The Bertz CT molecular complexity index is 692. The maximum Gasteiger partial charge on any atom is 0.276 e. The smallest absolute Gasteiger partial charge is 0.276 e. The van der Waals surface area contributed by atoms with Crippen LogP contribution in [0, 0.1) is 12.3 Å². The molecule has 120 valence electrons. The molecule has 0 unspecified atom stereocenters. The number of rotatable bonds is 6. The Morgan fingerprint density at radius 3 is 2.87 bits per heavy atom. The van der Waals surface area contributed by atoms with E-state index in [1.807, 2.05) is 13.0 Å². The van der Waals surface area contributed by atoms with Crippen molar-refractivity contribution in [1.29, 1.82) is 0 Å². The Labute approximate surface area is 141 Å². The lowest BCUT2D eigenvalue weighted by molar-refractivity contribution is -0.122. The molecule has 2 rings (SSSR count). The first kappa shape index (κ1) is 16.8. The molecule has 0 aromatic heterocycles. The summed E-state index contributed by atoms with van der Waals surface area (Å²) in [7, 11) is 1.55. The molecular formula is C17H18N2O3S. The minimum atomic E-state index is -0.122. The van der Waals surface area contributed by atoms with Gasteiger partial charge in [0.05, 0.1) is 7.11 Å². The van der Waals surface area contributed by atoms with Crippen molar-refractivity contribution in [1.82, 2.24) is 10.2 Å². The summed E-state index contributed by atoms with van der Waals surface area (Å²) in [5.74, 6) is 3.39. The summed E-state index contributed by atoms with van der Waals surface area (Å²) < 4.78 is 10.7. The zero-order valence-electron chi connectivity index (χ0n) is 13.1. The fourth-order valence-electron chi connectivity index (χ4n) is 2.18. The number of nitrogens with one attached hydrogen (secondary N) is 1. The van der Waals surface area contributed by atoms with Crippen molar-refractivity contribution in [2.24, 2.45) is 0 Å². The van der Waals surface area contributed by atoms with Crippen LogP contribution in [0.1, 0.15) is 18.9 Å². The molecule has 5 nitrogen and oxygen atoms in total. The molecule has 1 fully saturated rings. The largest absolute Gasteiger partial charge is 0.493 e. The Morgan fingerprint density at radius 1 is 1.43 bits per heavy atom. The molecule has 1 aromatic carbocycles. The molecule has 23 heavy (non-hydrogen) atoms. The van der Waals surface area contributed by atoms with E-state index in [1.165, 1.54) is 0 Å². The molecule has 0 saturated carbocycles. The van der Waals surface area contributed by atoms with Crippen LogP contribution in [0.3, 0.4) is 0 Å². The first-order valence-corrected chi connectivity index (χ1v) is 7.60. The predicted molar refractivity (Wildman–Crippen MR) is 93.0 cm³/mol. The number of benzene rings is 1. The standard InChI is InChI=1S/C17H18N2O3S/c1-4-8-19-16(20)13(18-17(19)23)10-12-6-7-14(22-9-5-2)15(11-12)21-3/h2,6-7,10-11H,4,8-9H2,1,3H3,(H,18,23)/b13-10-. The number of terminal acetylenes is 1. The maximum atomic E-state index is 12.3. The number of hydrogen-bond acceptors (Lipinski definition) is 4. The van der Waals surface area contributed by atoms with Crippen molar-refractivity contribution < 1.29 is 14.3 Å². The van der Waals surface area contributed by atoms with Gasteiger partial charge in [-0.05, 0) is 42.4 Å². The minimum Gasteiger partial charge on any atom is -0.493 e. The topological polar surface area (TPSA) is 50.8 Å². The van der Waals surface area contributed by atoms with Crippen LogP contribution in [0.4, 0.5) is 0 Å². The quantitative estimate of drug-likeness (QED) is 0.492. The first-order chi connectivity index (χ1) is 11.1. The van der Waals surface area contributed by atoms with Crippen molar-refractivity contribution in [2.45, 2.75) is 13.3 Å². The molecule has 1 aliphatic heterocycles. The third-order valence-electron chi connectivity index (χ3n) is 3.22. The molecule has 1 aliphatic rings. The fourth-order valence-corrected chi connectivity index (χ4v) is 2.46. The molecule has 0 radical (unpaired) electrons. The molecule has 0 spiro atoms. The van der Waals surface area contributed by atoms with E-state index in [0.29, 0.717) is 28.9 Å². The van der Waals surface area contributed by atoms with Gasteiger partial charge in [-0.3, -0.25) is 9.69 Å². The zero-order valence-corrected chi connectivity index (χ0v) is 13.9. The highest BCUT2D eigenvalue weighted by atomic mass is 32.1. The molecule has 1 saturated heterocycles. The van der Waals surface area contributed by atoms with Crippen LogP contribution in [0.2, 0.25) is 0 Å². The molecule has 0 atom stereocenters. The molecule has 1 aromatic rings. The average molecular weight is 330 g/mol. The van der Waals surface area contributed by atoms with Crippen LogP contribution in [-0.2, 0) is 4.79 Å². The third kappa shape index (κ3) is 3.82. The number of amides is 1. The van der Waals surface area contributed by atoms with Crippen molar-refractivity contribution >= 4 is 29.3 Å². The van der Waals surface area contributed by atoms with E-state index in [4.69, 9.17) is 28.1 Å². The first-order valence-electron chi connectivity index (χ1n) is 7.19. The summed E-state index contributed by atoms with van der Waals surface area (Å²) in [5.41, 5.74) is 1.25. The number of ether oxygens (including phenoxy) is 2. The lowest BCUT2D eigenvalue weighted by atomic mass is 10.1. The summed E-state index contributed by atoms with van der Waals surface area (Å²) in [4.78, 5) is 13.9. The van der Waals surface area contributed by atoms with Crippen LogP contribution in [0.25, 0.3) is 6.08 Å². The van der Waals surface area contributed by atoms with Gasteiger partial charge in [0.2, 0.25) is 0 Å². The number of carbonyl (C=O) groups excluding carboxylic acids is 1. The van der Waals surface area contributed by atoms with Crippen molar-refractivity contribution in [3.8, 4) is 23.8 Å². The highest BCUT2D eigenvalue weighted by Gasteiger charge is 2.29. The monoisotopic (exact) mass is 330 g/mol. The number of nitrogens with zero attached hydrogens (tertiary/aromatic N) is 1. The Balaban J connectivity index is 2.24. The van der Waals surface area contributed by atoms with Crippen LogP contribution in [0.5, 0.6) is 11.5 Å². The zero-order chi connectivity index (χ0) is 16.8. The van der Waals surface area contributed by atoms with E-state index in [-0.39, 0.29) is 12.5 Å². The van der Waals surface area contributed by atoms with Crippen molar-refractivity contribution in [3.05, 3.63) is 29.5 Å². The van der Waals surface area contributed by atoms with Gasteiger partial charge >= 0.3 is 0 Å². The predicted octanol–water partition coefficient (Wildman–Crippen LogP) is 2.17. The molecule has 1 amide bonds. The molecule has 6 heteroatoms. The van der Waals surface area contributed by atoms with E-state index in [2.05, 4.69) is 11.2 Å². The Kier molecular flexibility index (Phi) is 5.61. The van der Waals surface area contributed by atoms with Gasteiger partial charge in [0.25, 0.3) is 5.91 Å². The summed E-state index contributed by atoms with van der Waals surface area (Å²) in [6, 6.07) is 5.35. The summed E-state index contributed by atoms with van der Waals surface area (Å²) in [5, 5.41) is 3.38. The van der Waals surface area contributed by atoms with Gasteiger partial charge < -0.3 is 14.8 Å². The van der Waals surface area contributed by atoms with Crippen LogP contribution >= 0.6 is 12.2 Å². The normalized spacial score (nSPS) is 15.5. The molecule has 1 heterocycles. The van der Waals surface area contributed by atoms with E-state index < -0.39 is 0 Å². The summed E-state index contributed by atoms with van der Waals surface area (Å²) in [6.07, 6.45) is 7.76. The van der Waals surface area contributed by atoms with E-state index >= 15 is 0 Å². The van der Waals surface area contributed by atoms with Gasteiger partial charge in [-0.1, -0.05) is 18.9 Å². The maximum absolute atomic E-state index is 12.3. The Hall–Kier alpha value is -2.52. The number of methoxy groups -OCH3 is 1. The number of hydrogen-bond donors (Lipinski definition) is 1. The lowest BCUT2D eigenvalue weighted by Crippen LogP contribution is -2.31. The fraction of sp³-hybridized carbons (Fsp3) is 0.294. The van der Waals surface area contributed by atoms with Gasteiger partial charge in [0.1, 0.15) is 12.3 Å². The molecule has 0 bridgehead atoms. The van der Waals surface area contributed by atoms with Gasteiger partial charge in [-0.2, -0.15) is 0 Å². The summed E-state index contributed by atoms with van der Waals surface area (Å²) >= 11 is 5.18. The van der Waals surface area contributed by atoms with Gasteiger partial charge in [-0.25, -0.2) is 0 Å². The van der Waals surface area contributed by atoms with Crippen LogP contribution in [-0.4, -0.2) is 36.2 Å². The Morgan fingerprint density at radius 2 is 2.22 bits per heavy atom. The van der Waals surface area contributed by atoms with E-state index in [0.717, 1.165) is 12.0 Å². The minimum absolute atomic E-state index is 0.122. The van der Waals surface area contributed by atoms with Crippen molar-refractivity contribution in [2.75, 3.05) is 20.3 Å². The second-order valence-corrected chi connectivity index (χ2v) is 5.23. The van der Waals surface area contributed by atoms with E-state index in [9.17, 15) is 4.79 Å². The van der Waals surface area contributed by atoms with Crippen LogP contribution < -0.4 is 14.8 Å². The molecule has 1 N–H and O–H groups in total. The highest BCUT2D eigenvalue weighted by molar-refractivity contribution is 7.80. The summed E-state index contributed by atoms with van der Waals surface area (Å²) in [6.45, 7) is 2.76. The SMILES string of the molecule is C#CCOc1ccc(/C=C2\NC(=S)N(CCC)C2=O)cc1OC. The highest BCUT2D eigenvalue weighted by Crippen LogP contribution is 2.29. The third-order valence-corrected chi connectivity index (χ3v) is 3.54. The van der Waals surface area contributed by atoms with Crippen LogP contribution in [0.15, 0.2) is 23.9 Å². The lowest BCUT2D eigenvalue weighted by Gasteiger charge is -2.11. The number of carbonyl (C=O) groups is 1. The number of thiocarbonyl (C=S) groups is 1. The van der Waals surface area contributed by atoms with E-state index in [1.54, 1.807) is 30.2 Å². The van der Waals surface area contributed by atoms with Gasteiger partial charge in [0.15, 0.2) is 16.6 Å².